The summed E-state index contributed by atoms with van der Waals surface area (Å²) in [6, 6.07) is -0.560. The van der Waals surface area contributed by atoms with Crippen LogP contribution in [0.2, 0.25) is 0 Å². The minimum Gasteiger partial charge on any atom is -0.466 e. The molecule has 6 nitrogen and oxygen atoms in total. The molecule has 0 radical (unpaired) electrons. The van der Waals surface area contributed by atoms with Crippen molar-refractivity contribution >= 4 is 11.9 Å². The minimum atomic E-state index is -0.681. The molecule has 406 valence electrons. The first-order valence-corrected chi connectivity index (χ1v) is 30.8. The molecule has 0 saturated carbocycles. The molecule has 1 amide bonds. The molecule has 0 aliphatic carbocycles. The van der Waals surface area contributed by atoms with Gasteiger partial charge in [-0.05, 0) is 83.5 Å². The maximum atomic E-state index is 12.5. The van der Waals surface area contributed by atoms with Gasteiger partial charge in [-0.25, -0.2) is 0 Å². The SMILES string of the molecule is CCCCC/C=C\CCCCCCCC(=O)OCCCCC/C=C\C=C/CCCCCCCCC(=O)NC(CO)C(O)CCCCCCCCCCCCCCCCCCCCCCCCCCC. The molecule has 0 fully saturated rings. The van der Waals surface area contributed by atoms with E-state index in [-0.39, 0.29) is 18.5 Å². The number of carbonyl (C=O) groups is 2. The van der Waals surface area contributed by atoms with Crippen molar-refractivity contribution in [1.82, 2.24) is 5.32 Å². The van der Waals surface area contributed by atoms with Crippen molar-refractivity contribution in [2.75, 3.05) is 13.2 Å². The van der Waals surface area contributed by atoms with Crippen LogP contribution >= 0.6 is 0 Å². The van der Waals surface area contributed by atoms with Gasteiger partial charge in [0.2, 0.25) is 5.91 Å². The number of aliphatic hydroxyl groups is 2. The second-order valence-corrected chi connectivity index (χ2v) is 21.1. The number of rotatable bonds is 57. The van der Waals surface area contributed by atoms with Crippen LogP contribution < -0.4 is 5.32 Å². The van der Waals surface area contributed by atoms with E-state index in [2.05, 4.69) is 55.6 Å². The first-order chi connectivity index (χ1) is 34.0. The fraction of sp³-hybridized carbons (Fsp3) is 0.873. The predicted octanol–water partition coefficient (Wildman–Crippen LogP) is 19.2. The summed E-state index contributed by atoms with van der Waals surface area (Å²) in [5.41, 5.74) is 0. The molecule has 0 heterocycles. The molecular weight excluding hydrogens is 851 g/mol. The van der Waals surface area contributed by atoms with Crippen LogP contribution in [0.1, 0.15) is 328 Å². The smallest absolute Gasteiger partial charge is 0.305 e. The van der Waals surface area contributed by atoms with Crippen LogP contribution in [0.15, 0.2) is 36.5 Å². The van der Waals surface area contributed by atoms with Gasteiger partial charge in [-0.15, -0.1) is 0 Å². The van der Waals surface area contributed by atoms with Crippen molar-refractivity contribution in [3.8, 4) is 0 Å². The molecule has 3 N–H and O–H groups in total. The summed E-state index contributed by atoms with van der Waals surface area (Å²) < 4.78 is 5.43. The van der Waals surface area contributed by atoms with Crippen molar-refractivity contribution < 1.29 is 24.5 Å². The van der Waals surface area contributed by atoms with E-state index >= 15 is 0 Å². The third kappa shape index (κ3) is 55.2. The normalized spacial score (nSPS) is 12.8. The van der Waals surface area contributed by atoms with Gasteiger partial charge in [-0.2, -0.15) is 0 Å². The fourth-order valence-electron chi connectivity index (χ4n) is 9.45. The summed E-state index contributed by atoms with van der Waals surface area (Å²) in [6.07, 6.45) is 73.0. The molecule has 0 aliphatic heterocycles. The lowest BCUT2D eigenvalue weighted by atomic mass is 10.0. The number of unbranched alkanes of at least 4 members (excludes halogenated alkanes) is 41. The molecule has 0 aromatic carbocycles. The second kappa shape index (κ2) is 58.6. The van der Waals surface area contributed by atoms with Gasteiger partial charge in [0.15, 0.2) is 0 Å². The topological polar surface area (TPSA) is 95.9 Å². The number of ether oxygens (including phenoxy) is 1. The van der Waals surface area contributed by atoms with Crippen LogP contribution in [0.25, 0.3) is 0 Å². The van der Waals surface area contributed by atoms with Crippen molar-refractivity contribution in [3.05, 3.63) is 36.5 Å². The standard InChI is InChI=1S/C63H119NO5/c1-3-5-7-9-11-13-15-17-18-19-20-21-22-23-24-25-26-27-29-32-35-39-43-47-51-55-61(66)60(59-65)64-62(67)56-52-48-44-40-36-33-30-28-31-34-38-42-46-50-54-58-69-63(68)57-53-49-45-41-37-16-14-12-10-8-6-4-2/h12,14,28,31,34,38,60-61,65-66H,3-11,13,15-27,29-30,32-33,35-37,39-59H2,1-2H3,(H,64,67)/b14-12-,31-28-,38-34-. The van der Waals surface area contributed by atoms with Crippen molar-refractivity contribution in [2.45, 2.75) is 341 Å². The van der Waals surface area contributed by atoms with E-state index in [4.69, 9.17) is 4.74 Å². The summed E-state index contributed by atoms with van der Waals surface area (Å²) in [7, 11) is 0. The number of carbonyl (C=O) groups excluding carboxylic acids is 2. The number of amides is 1. The lowest BCUT2D eigenvalue weighted by molar-refractivity contribution is -0.143. The highest BCUT2D eigenvalue weighted by Gasteiger charge is 2.20. The highest BCUT2D eigenvalue weighted by molar-refractivity contribution is 5.76. The molecular formula is C63H119NO5. The molecule has 0 rings (SSSR count). The van der Waals surface area contributed by atoms with Gasteiger partial charge < -0.3 is 20.3 Å². The number of hydrogen-bond donors (Lipinski definition) is 3. The van der Waals surface area contributed by atoms with E-state index in [0.29, 0.717) is 25.9 Å². The van der Waals surface area contributed by atoms with Crippen molar-refractivity contribution in [1.29, 1.82) is 0 Å². The molecule has 6 heteroatoms. The largest absolute Gasteiger partial charge is 0.466 e. The number of hydrogen-bond acceptors (Lipinski definition) is 5. The third-order valence-corrected chi connectivity index (χ3v) is 14.2. The number of nitrogens with one attached hydrogen (secondary N) is 1. The number of aliphatic hydroxyl groups excluding tert-OH is 2. The van der Waals surface area contributed by atoms with Gasteiger partial charge >= 0.3 is 5.97 Å². The van der Waals surface area contributed by atoms with Crippen LogP contribution in [0, 0.1) is 0 Å². The van der Waals surface area contributed by atoms with E-state index in [1.165, 1.54) is 218 Å². The van der Waals surface area contributed by atoms with Crippen LogP contribution in [-0.4, -0.2) is 47.4 Å². The third-order valence-electron chi connectivity index (χ3n) is 14.2. The lowest BCUT2D eigenvalue weighted by Gasteiger charge is -2.22. The zero-order valence-electron chi connectivity index (χ0n) is 46.3. The molecule has 2 atom stereocenters. The van der Waals surface area contributed by atoms with Gasteiger partial charge in [-0.1, -0.05) is 269 Å². The van der Waals surface area contributed by atoms with E-state index < -0.39 is 12.1 Å². The first kappa shape index (κ1) is 67.1. The average Bonchev–Trinajstić information content (AvgIpc) is 3.35. The Morgan fingerprint density at radius 1 is 0.406 bits per heavy atom. The number of allylic oxidation sites excluding steroid dienone is 6. The van der Waals surface area contributed by atoms with Crippen LogP contribution in [0.5, 0.6) is 0 Å². The highest BCUT2D eigenvalue weighted by atomic mass is 16.5. The Labute approximate surface area is 430 Å². The maximum Gasteiger partial charge on any atom is 0.305 e. The van der Waals surface area contributed by atoms with E-state index in [9.17, 15) is 19.8 Å². The van der Waals surface area contributed by atoms with Crippen LogP contribution in [0.3, 0.4) is 0 Å². The van der Waals surface area contributed by atoms with Crippen LogP contribution in [-0.2, 0) is 14.3 Å². The molecule has 0 saturated heterocycles. The Morgan fingerprint density at radius 2 is 0.725 bits per heavy atom. The zero-order chi connectivity index (χ0) is 50.0. The quantitative estimate of drug-likeness (QED) is 0.0244. The molecule has 0 bridgehead atoms. The van der Waals surface area contributed by atoms with Crippen molar-refractivity contribution in [3.63, 3.8) is 0 Å². The molecule has 0 aromatic heterocycles. The average molecular weight is 971 g/mol. The molecule has 69 heavy (non-hydrogen) atoms. The highest BCUT2D eigenvalue weighted by Crippen LogP contribution is 2.18. The summed E-state index contributed by atoms with van der Waals surface area (Å²) in [4.78, 5) is 24.5. The molecule has 2 unspecified atom stereocenters. The zero-order valence-corrected chi connectivity index (χ0v) is 46.3. The fourth-order valence-corrected chi connectivity index (χ4v) is 9.45. The molecule has 0 aliphatic rings. The Morgan fingerprint density at radius 3 is 1.14 bits per heavy atom. The monoisotopic (exact) mass is 970 g/mol. The Balaban J connectivity index is 3.50. The van der Waals surface area contributed by atoms with Gasteiger partial charge in [0.1, 0.15) is 0 Å². The molecule has 0 aromatic rings. The Hall–Kier alpha value is -1.92. The molecule has 0 spiro atoms. The van der Waals surface area contributed by atoms with Crippen molar-refractivity contribution in [2.24, 2.45) is 0 Å². The van der Waals surface area contributed by atoms with Gasteiger partial charge in [0.25, 0.3) is 0 Å². The first-order valence-electron chi connectivity index (χ1n) is 30.8. The van der Waals surface area contributed by atoms with E-state index in [1.807, 2.05) is 0 Å². The Kier molecular flexibility index (Phi) is 57.0. The lowest BCUT2D eigenvalue weighted by Crippen LogP contribution is -2.45. The summed E-state index contributed by atoms with van der Waals surface area (Å²) in [5, 5.41) is 23.4. The Bertz CT molecular complexity index is 1120. The van der Waals surface area contributed by atoms with Gasteiger partial charge in [-0.3, -0.25) is 9.59 Å². The van der Waals surface area contributed by atoms with Crippen LogP contribution in [0.4, 0.5) is 0 Å². The minimum absolute atomic E-state index is 0.0313. The number of esters is 1. The van der Waals surface area contributed by atoms with E-state index in [1.54, 1.807) is 0 Å². The summed E-state index contributed by atoms with van der Waals surface area (Å²) >= 11 is 0. The second-order valence-electron chi connectivity index (χ2n) is 21.1. The van der Waals surface area contributed by atoms with Gasteiger partial charge in [0, 0.05) is 12.8 Å². The van der Waals surface area contributed by atoms with Gasteiger partial charge in [0.05, 0.1) is 25.4 Å². The summed E-state index contributed by atoms with van der Waals surface area (Å²) in [5.74, 6) is -0.0862. The van der Waals surface area contributed by atoms with E-state index in [0.717, 1.165) is 77.0 Å². The maximum absolute atomic E-state index is 12.5. The predicted molar refractivity (Wildman–Crippen MR) is 301 cm³/mol. The summed E-state index contributed by atoms with van der Waals surface area (Å²) in [6.45, 7) is 4.89.